The molecular formula is C10H11ClN2O. The van der Waals surface area contributed by atoms with Gasteiger partial charge < -0.3 is 5.21 Å². The van der Waals surface area contributed by atoms with Crippen LogP contribution in [0.3, 0.4) is 0 Å². The number of alkyl halides is 1. The molecule has 0 unspecified atom stereocenters. The van der Waals surface area contributed by atoms with E-state index in [1.807, 2.05) is 24.3 Å². The Labute approximate surface area is 87.7 Å². The molecule has 0 heterocycles. The van der Waals surface area contributed by atoms with E-state index in [1.165, 1.54) is 0 Å². The van der Waals surface area contributed by atoms with E-state index in [0.29, 0.717) is 18.1 Å². The monoisotopic (exact) mass is 210 g/mol. The number of nitrogens with zero attached hydrogens (tertiary/aromatic N) is 2. The first-order chi connectivity index (χ1) is 6.81. The lowest BCUT2D eigenvalue weighted by molar-refractivity contribution is 0.318. The van der Waals surface area contributed by atoms with E-state index in [4.69, 9.17) is 16.8 Å². The Hall–Kier alpha value is -1.35. The summed E-state index contributed by atoms with van der Waals surface area (Å²) in [4.78, 5) is 3.66. The highest BCUT2D eigenvalue weighted by molar-refractivity contribution is 6.17. The molecule has 74 valence electrons. The van der Waals surface area contributed by atoms with Gasteiger partial charge in [0, 0.05) is 11.4 Å². The summed E-state index contributed by atoms with van der Waals surface area (Å²) in [5.41, 5.74) is 2.36. The van der Waals surface area contributed by atoms with Crippen molar-refractivity contribution in [2.75, 3.05) is 6.54 Å². The van der Waals surface area contributed by atoms with Crippen molar-refractivity contribution < 1.29 is 5.21 Å². The third-order valence-electron chi connectivity index (χ3n) is 1.82. The van der Waals surface area contributed by atoms with Crippen molar-refractivity contribution >= 4 is 24.0 Å². The molecule has 14 heavy (non-hydrogen) atoms. The maximum absolute atomic E-state index is 8.71. The van der Waals surface area contributed by atoms with Gasteiger partial charge in [0.1, 0.15) is 5.71 Å². The van der Waals surface area contributed by atoms with Gasteiger partial charge in [0.05, 0.1) is 6.54 Å². The fraction of sp³-hybridized carbons (Fsp3) is 0.200. The van der Waals surface area contributed by atoms with Crippen molar-refractivity contribution in [3.05, 3.63) is 35.4 Å². The Morgan fingerprint density at radius 1 is 1.36 bits per heavy atom. The fourth-order valence-electron chi connectivity index (χ4n) is 1.07. The SMILES string of the molecule is C=NC/C(=N\O)c1ccc(CCl)cc1. The molecule has 0 spiro atoms. The van der Waals surface area contributed by atoms with Crippen molar-refractivity contribution in [2.24, 2.45) is 10.1 Å². The Kier molecular flexibility index (Phi) is 4.13. The van der Waals surface area contributed by atoms with Gasteiger partial charge in [-0.2, -0.15) is 0 Å². The molecule has 4 heteroatoms. The lowest BCUT2D eigenvalue weighted by atomic mass is 10.1. The molecule has 0 aliphatic carbocycles. The Morgan fingerprint density at radius 2 is 2.00 bits per heavy atom. The van der Waals surface area contributed by atoms with Gasteiger partial charge in [0.15, 0.2) is 0 Å². The van der Waals surface area contributed by atoms with Gasteiger partial charge in [-0.05, 0) is 12.3 Å². The highest BCUT2D eigenvalue weighted by Crippen LogP contribution is 2.08. The van der Waals surface area contributed by atoms with Gasteiger partial charge in [0.2, 0.25) is 0 Å². The van der Waals surface area contributed by atoms with Gasteiger partial charge in [-0.25, -0.2) is 0 Å². The normalized spacial score (nSPS) is 11.4. The van der Waals surface area contributed by atoms with Crippen LogP contribution < -0.4 is 0 Å². The summed E-state index contributed by atoms with van der Waals surface area (Å²) < 4.78 is 0. The van der Waals surface area contributed by atoms with Crippen LogP contribution in [0.15, 0.2) is 34.4 Å². The lowest BCUT2D eigenvalue weighted by Gasteiger charge is -2.01. The van der Waals surface area contributed by atoms with Gasteiger partial charge in [-0.3, -0.25) is 4.99 Å². The quantitative estimate of drug-likeness (QED) is 0.353. The molecule has 1 rings (SSSR count). The zero-order valence-corrected chi connectivity index (χ0v) is 8.41. The average molecular weight is 211 g/mol. The van der Waals surface area contributed by atoms with Gasteiger partial charge in [-0.15, -0.1) is 11.6 Å². The Balaban J connectivity index is 2.89. The predicted molar refractivity (Wildman–Crippen MR) is 58.7 cm³/mol. The number of oxime groups is 1. The minimum atomic E-state index is 0.302. The van der Waals surface area contributed by atoms with Gasteiger partial charge >= 0.3 is 0 Å². The average Bonchev–Trinajstić information content (AvgIpc) is 2.26. The number of aliphatic imine (C=N–C) groups is 1. The van der Waals surface area contributed by atoms with Crippen LogP contribution in [0.5, 0.6) is 0 Å². The van der Waals surface area contributed by atoms with E-state index in [9.17, 15) is 0 Å². The summed E-state index contributed by atoms with van der Waals surface area (Å²) in [6, 6.07) is 7.46. The van der Waals surface area contributed by atoms with E-state index >= 15 is 0 Å². The van der Waals surface area contributed by atoms with E-state index in [1.54, 1.807) is 0 Å². The van der Waals surface area contributed by atoms with Crippen molar-refractivity contribution in [1.29, 1.82) is 0 Å². The summed E-state index contributed by atoms with van der Waals surface area (Å²) in [6.07, 6.45) is 0. The van der Waals surface area contributed by atoms with E-state index in [2.05, 4.69) is 16.9 Å². The zero-order chi connectivity index (χ0) is 10.4. The molecule has 1 aromatic carbocycles. The first-order valence-corrected chi connectivity index (χ1v) is 4.64. The minimum absolute atomic E-state index is 0.302. The van der Waals surface area contributed by atoms with Crippen LogP contribution in [-0.4, -0.2) is 24.2 Å². The third kappa shape index (κ3) is 2.57. The molecule has 1 aromatic rings. The molecule has 0 aromatic heterocycles. The fourth-order valence-corrected chi connectivity index (χ4v) is 1.25. The molecule has 0 aliphatic rings. The molecule has 0 atom stereocenters. The molecule has 1 N–H and O–H groups in total. The van der Waals surface area contributed by atoms with E-state index in [-0.39, 0.29) is 0 Å². The predicted octanol–water partition coefficient (Wildman–Crippen LogP) is 2.30. The number of rotatable bonds is 4. The molecule has 0 fully saturated rings. The van der Waals surface area contributed by atoms with Crippen LogP contribution >= 0.6 is 11.6 Å². The second-order valence-electron chi connectivity index (χ2n) is 2.76. The van der Waals surface area contributed by atoms with Crippen LogP contribution in [0.25, 0.3) is 0 Å². The van der Waals surface area contributed by atoms with Crippen molar-refractivity contribution in [1.82, 2.24) is 0 Å². The Bertz CT molecular complexity index is 332. The van der Waals surface area contributed by atoms with Crippen molar-refractivity contribution in [3.63, 3.8) is 0 Å². The van der Waals surface area contributed by atoms with E-state index < -0.39 is 0 Å². The summed E-state index contributed by atoms with van der Waals surface area (Å²) >= 11 is 5.65. The molecule has 0 aliphatic heterocycles. The number of hydrogen-bond donors (Lipinski definition) is 1. The molecule has 0 amide bonds. The van der Waals surface area contributed by atoms with Crippen LogP contribution in [0.1, 0.15) is 11.1 Å². The molecular weight excluding hydrogens is 200 g/mol. The topological polar surface area (TPSA) is 45.0 Å². The van der Waals surface area contributed by atoms with Crippen LogP contribution in [0, 0.1) is 0 Å². The first kappa shape index (κ1) is 10.7. The maximum Gasteiger partial charge on any atom is 0.108 e. The van der Waals surface area contributed by atoms with Gasteiger partial charge in [0.25, 0.3) is 0 Å². The maximum atomic E-state index is 8.71. The Morgan fingerprint density at radius 3 is 2.43 bits per heavy atom. The lowest BCUT2D eigenvalue weighted by Crippen LogP contribution is -2.04. The van der Waals surface area contributed by atoms with Crippen LogP contribution in [-0.2, 0) is 5.88 Å². The summed E-state index contributed by atoms with van der Waals surface area (Å²) in [5.74, 6) is 0.478. The number of hydrogen-bond acceptors (Lipinski definition) is 3. The number of halogens is 1. The summed E-state index contributed by atoms with van der Waals surface area (Å²) in [5, 5.41) is 11.9. The smallest absolute Gasteiger partial charge is 0.108 e. The van der Waals surface area contributed by atoms with Crippen LogP contribution in [0.4, 0.5) is 0 Å². The zero-order valence-electron chi connectivity index (χ0n) is 7.65. The molecule has 0 bridgehead atoms. The molecule has 0 saturated heterocycles. The van der Waals surface area contributed by atoms with E-state index in [0.717, 1.165) is 11.1 Å². The van der Waals surface area contributed by atoms with Crippen LogP contribution in [0.2, 0.25) is 0 Å². The number of benzene rings is 1. The molecule has 0 saturated carbocycles. The highest BCUT2D eigenvalue weighted by atomic mass is 35.5. The third-order valence-corrected chi connectivity index (χ3v) is 2.13. The standard InChI is InChI=1S/C10H11ClN2O/c1-12-7-10(13-14)9-4-2-8(6-11)3-5-9/h2-5,14H,1,6-7H2/b13-10+. The molecule has 0 radical (unpaired) electrons. The molecule has 3 nitrogen and oxygen atoms in total. The second-order valence-corrected chi connectivity index (χ2v) is 3.03. The minimum Gasteiger partial charge on any atom is -0.411 e. The second kappa shape index (κ2) is 5.40. The van der Waals surface area contributed by atoms with Crippen molar-refractivity contribution in [3.8, 4) is 0 Å². The summed E-state index contributed by atoms with van der Waals surface area (Å²) in [6.45, 7) is 3.65. The summed E-state index contributed by atoms with van der Waals surface area (Å²) in [7, 11) is 0. The van der Waals surface area contributed by atoms with Crippen molar-refractivity contribution in [2.45, 2.75) is 5.88 Å². The largest absolute Gasteiger partial charge is 0.411 e. The van der Waals surface area contributed by atoms with Gasteiger partial charge in [-0.1, -0.05) is 29.4 Å². The first-order valence-electron chi connectivity index (χ1n) is 4.10. The highest BCUT2D eigenvalue weighted by Gasteiger charge is 2.02.